The summed E-state index contributed by atoms with van der Waals surface area (Å²) in [6.45, 7) is 1.44. The second-order valence-corrected chi connectivity index (χ2v) is 6.57. The van der Waals surface area contributed by atoms with Crippen LogP contribution in [-0.4, -0.2) is 10.2 Å². The highest BCUT2D eigenvalue weighted by Gasteiger charge is 2.41. The first-order chi connectivity index (χ1) is 13.2. The van der Waals surface area contributed by atoms with Crippen molar-refractivity contribution in [2.24, 2.45) is 0 Å². The Morgan fingerprint density at radius 3 is 1.96 bits per heavy atom. The average molecular weight is 405 g/mol. The van der Waals surface area contributed by atoms with Crippen LogP contribution in [0.1, 0.15) is 16.7 Å². The van der Waals surface area contributed by atoms with Gasteiger partial charge in [0.05, 0.1) is 0 Å². The molecule has 0 aromatic heterocycles. The predicted octanol–water partition coefficient (Wildman–Crippen LogP) is 5.88. The van der Waals surface area contributed by atoms with Gasteiger partial charge in [0.25, 0.3) is 0 Å². The molecule has 0 amide bonds. The summed E-state index contributed by atoms with van der Waals surface area (Å²) in [5.74, 6) is -4.23. The van der Waals surface area contributed by atoms with Crippen LogP contribution in [0.3, 0.4) is 0 Å². The zero-order valence-electron chi connectivity index (χ0n) is 14.7. The third-order valence-electron chi connectivity index (χ3n) is 4.21. The minimum Gasteiger partial charge on any atom is -0.429 e. The van der Waals surface area contributed by atoms with Gasteiger partial charge in [-0.1, -0.05) is 35.9 Å². The van der Waals surface area contributed by atoms with Gasteiger partial charge in [0, 0.05) is 16.3 Å². The third kappa shape index (κ3) is 4.09. The minimum atomic E-state index is -4.33. The number of alkyl halides is 2. The van der Waals surface area contributed by atoms with E-state index in [9.17, 15) is 22.0 Å². The van der Waals surface area contributed by atoms with E-state index in [1.54, 1.807) is 24.3 Å². The Morgan fingerprint density at radius 2 is 1.43 bits per heavy atom. The summed E-state index contributed by atoms with van der Waals surface area (Å²) in [5, 5.41) is 0. The van der Waals surface area contributed by atoms with E-state index in [1.165, 1.54) is 13.0 Å². The van der Waals surface area contributed by atoms with Crippen molar-refractivity contribution < 1.29 is 26.7 Å². The van der Waals surface area contributed by atoms with Crippen molar-refractivity contribution in [3.63, 3.8) is 0 Å². The van der Waals surface area contributed by atoms with E-state index >= 15 is 0 Å². The summed E-state index contributed by atoms with van der Waals surface area (Å²) in [6.07, 6.45) is -4.33. The van der Waals surface area contributed by atoms with Crippen LogP contribution in [0.25, 0.3) is 11.1 Å². The van der Waals surface area contributed by atoms with Gasteiger partial charge in [-0.15, -0.1) is 0 Å². The fourth-order valence-electron chi connectivity index (χ4n) is 2.67. The van der Waals surface area contributed by atoms with Crippen molar-refractivity contribution >= 4 is 10.2 Å². The molecule has 0 aliphatic heterocycles. The SMILES string of the molecule is Cc1ccc(OC(F)(F)c2c(F)cc(-c3ccc(C[Si])cc3)cc2F)cc1F. The van der Waals surface area contributed by atoms with Crippen molar-refractivity contribution in [2.45, 2.75) is 19.1 Å². The lowest BCUT2D eigenvalue weighted by atomic mass is 10.0. The van der Waals surface area contributed by atoms with Gasteiger partial charge in [-0.2, -0.15) is 8.78 Å². The standard InChI is InChI=1S/C21H14F5OSi/c1-12-2-7-16(10-17(12)22)27-21(25,26)20-18(23)8-15(9-19(20)24)14-5-3-13(11-28)4-6-14/h2-10H,11H2,1H3. The highest BCUT2D eigenvalue weighted by atomic mass is 28.1. The number of halogens is 5. The summed E-state index contributed by atoms with van der Waals surface area (Å²) >= 11 is 0. The summed E-state index contributed by atoms with van der Waals surface area (Å²) in [4.78, 5) is 0. The minimum absolute atomic E-state index is 0.108. The molecule has 3 aromatic carbocycles. The molecule has 0 N–H and O–H groups in total. The quantitative estimate of drug-likeness (QED) is 0.381. The van der Waals surface area contributed by atoms with Crippen LogP contribution in [0, 0.1) is 24.4 Å². The Kier molecular flexibility index (Phi) is 5.56. The molecule has 3 radical (unpaired) electrons. The van der Waals surface area contributed by atoms with Gasteiger partial charge in [-0.3, -0.25) is 0 Å². The second kappa shape index (κ2) is 7.75. The van der Waals surface area contributed by atoms with Crippen LogP contribution in [0.15, 0.2) is 54.6 Å². The van der Waals surface area contributed by atoms with Crippen molar-refractivity contribution in [2.75, 3.05) is 0 Å². The number of hydrogen-bond donors (Lipinski definition) is 0. The average Bonchev–Trinajstić information content (AvgIpc) is 2.63. The van der Waals surface area contributed by atoms with Gasteiger partial charge in [-0.05, 0) is 47.9 Å². The first-order valence-corrected chi connectivity index (χ1v) is 8.98. The largest absolute Gasteiger partial charge is 0.432 e. The Labute approximate surface area is 162 Å². The van der Waals surface area contributed by atoms with Crippen LogP contribution in [0.2, 0.25) is 0 Å². The lowest BCUT2D eigenvalue weighted by Gasteiger charge is -2.20. The molecular weight excluding hydrogens is 391 g/mol. The molecule has 0 spiro atoms. The van der Waals surface area contributed by atoms with Crippen molar-refractivity contribution in [1.82, 2.24) is 0 Å². The van der Waals surface area contributed by atoms with Gasteiger partial charge < -0.3 is 4.74 Å². The van der Waals surface area contributed by atoms with Gasteiger partial charge in [-0.25, -0.2) is 13.2 Å². The maximum absolute atomic E-state index is 14.4. The van der Waals surface area contributed by atoms with Crippen LogP contribution < -0.4 is 4.74 Å². The Hall–Kier alpha value is -2.67. The van der Waals surface area contributed by atoms with E-state index in [4.69, 9.17) is 0 Å². The number of aryl methyl sites for hydroxylation is 1. The van der Waals surface area contributed by atoms with E-state index < -0.39 is 34.9 Å². The highest BCUT2D eigenvalue weighted by Crippen LogP contribution is 2.37. The lowest BCUT2D eigenvalue weighted by Crippen LogP contribution is -2.25. The second-order valence-electron chi connectivity index (χ2n) is 6.22. The molecule has 3 rings (SSSR count). The van der Waals surface area contributed by atoms with Gasteiger partial charge in [0.1, 0.15) is 28.8 Å². The molecule has 0 bridgehead atoms. The van der Waals surface area contributed by atoms with Gasteiger partial charge in [0.2, 0.25) is 0 Å². The molecule has 0 atom stereocenters. The fraction of sp³-hybridized carbons (Fsp3) is 0.143. The molecule has 7 heteroatoms. The molecule has 3 aromatic rings. The number of hydrogen-bond acceptors (Lipinski definition) is 1. The number of rotatable bonds is 5. The maximum atomic E-state index is 14.4. The Morgan fingerprint density at radius 1 is 0.821 bits per heavy atom. The molecule has 0 unspecified atom stereocenters. The molecule has 0 saturated heterocycles. The van der Waals surface area contributed by atoms with Crippen LogP contribution in [-0.2, 0) is 12.2 Å². The van der Waals surface area contributed by atoms with Crippen LogP contribution >= 0.6 is 0 Å². The van der Waals surface area contributed by atoms with Crippen LogP contribution in [0.4, 0.5) is 22.0 Å². The smallest absolute Gasteiger partial charge is 0.429 e. The van der Waals surface area contributed by atoms with E-state index in [0.29, 0.717) is 11.6 Å². The molecule has 0 aliphatic carbocycles. The molecule has 28 heavy (non-hydrogen) atoms. The topological polar surface area (TPSA) is 9.23 Å². The summed E-state index contributed by atoms with van der Waals surface area (Å²) in [7, 11) is 3.34. The molecule has 1 nitrogen and oxygen atoms in total. The Balaban J connectivity index is 1.95. The Bertz CT molecular complexity index is 979. The predicted molar refractivity (Wildman–Crippen MR) is 96.9 cm³/mol. The van der Waals surface area contributed by atoms with E-state index in [2.05, 4.69) is 15.0 Å². The molecule has 0 saturated carbocycles. The first-order valence-electron chi connectivity index (χ1n) is 8.27. The molecule has 0 aliphatic rings. The molecule has 0 fully saturated rings. The fourth-order valence-corrected chi connectivity index (χ4v) is 2.90. The highest BCUT2D eigenvalue weighted by molar-refractivity contribution is 6.08. The van der Waals surface area contributed by atoms with Gasteiger partial charge >= 0.3 is 6.11 Å². The lowest BCUT2D eigenvalue weighted by molar-refractivity contribution is -0.189. The monoisotopic (exact) mass is 405 g/mol. The maximum Gasteiger partial charge on any atom is 0.432 e. The summed E-state index contributed by atoms with van der Waals surface area (Å²) in [5.41, 5.74) is 0.218. The van der Waals surface area contributed by atoms with E-state index in [1.807, 2.05) is 0 Å². The van der Waals surface area contributed by atoms with Crippen molar-refractivity contribution in [3.8, 4) is 16.9 Å². The molecule has 143 valence electrons. The zero-order valence-corrected chi connectivity index (χ0v) is 15.7. The summed E-state index contributed by atoms with van der Waals surface area (Å²) < 4.78 is 75.5. The van der Waals surface area contributed by atoms with Crippen LogP contribution in [0.5, 0.6) is 5.75 Å². The third-order valence-corrected chi connectivity index (χ3v) is 4.62. The normalized spacial score (nSPS) is 11.5. The van der Waals surface area contributed by atoms with Crippen molar-refractivity contribution in [3.05, 3.63) is 88.7 Å². The van der Waals surface area contributed by atoms with Gasteiger partial charge in [0.15, 0.2) is 0 Å². The molecule has 0 heterocycles. The summed E-state index contributed by atoms with van der Waals surface area (Å²) in [6, 6.07) is 12.0. The van der Waals surface area contributed by atoms with E-state index in [-0.39, 0.29) is 11.1 Å². The van der Waals surface area contributed by atoms with Crippen molar-refractivity contribution in [1.29, 1.82) is 0 Å². The number of benzene rings is 3. The number of ether oxygens (including phenoxy) is 1. The zero-order chi connectivity index (χ0) is 20.5. The van der Waals surface area contributed by atoms with E-state index in [0.717, 1.165) is 29.8 Å². The molecular formula is C21H14F5OSi. The first kappa shape index (κ1) is 20.1.